The van der Waals surface area contributed by atoms with Crippen LogP contribution in [0.2, 0.25) is 0 Å². The maximum absolute atomic E-state index is 6.08. The molecule has 0 aromatic heterocycles. The van der Waals surface area contributed by atoms with E-state index >= 15 is 0 Å². The fourth-order valence-electron chi connectivity index (χ4n) is 2.83. The highest BCUT2D eigenvalue weighted by Crippen LogP contribution is 2.29. The van der Waals surface area contributed by atoms with Gasteiger partial charge in [0.2, 0.25) is 0 Å². The normalized spacial score (nSPS) is 26.5. The number of rotatable bonds is 6. The molecule has 0 spiro atoms. The van der Waals surface area contributed by atoms with Crippen molar-refractivity contribution in [1.29, 1.82) is 0 Å². The molecule has 0 radical (unpaired) electrons. The van der Waals surface area contributed by atoms with Crippen molar-refractivity contribution in [3.63, 3.8) is 0 Å². The molecule has 0 aromatic rings. The maximum atomic E-state index is 6.08. The smallest absolute Gasteiger partial charge is 0.0590 e. The zero-order chi connectivity index (χ0) is 12.7. The van der Waals surface area contributed by atoms with Gasteiger partial charge in [-0.15, -0.1) is 0 Å². The second kappa shape index (κ2) is 7.31. The molecule has 17 heavy (non-hydrogen) atoms. The largest absolute Gasteiger partial charge is 0.383 e. The van der Waals surface area contributed by atoms with Gasteiger partial charge in [0.05, 0.1) is 6.61 Å². The van der Waals surface area contributed by atoms with Crippen molar-refractivity contribution in [1.82, 2.24) is 4.90 Å². The second-order valence-electron chi connectivity index (χ2n) is 5.17. The molecule has 4 heteroatoms. The van der Waals surface area contributed by atoms with E-state index in [9.17, 15) is 0 Å². The summed E-state index contributed by atoms with van der Waals surface area (Å²) in [4.78, 5) is 2.51. The van der Waals surface area contributed by atoms with Crippen molar-refractivity contribution in [2.75, 3.05) is 40.0 Å². The molecule has 2 N–H and O–H groups in total. The number of hydrogen-bond acceptors (Lipinski definition) is 4. The van der Waals surface area contributed by atoms with Crippen LogP contribution < -0.4 is 5.73 Å². The summed E-state index contributed by atoms with van der Waals surface area (Å²) in [6.45, 7) is 8.59. The third kappa shape index (κ3) is 3.91. The number of hydrogen-bond donors (Lipinski definition) is 1. The zero-order valence-corrected chi connectivity index (χ0v) is 11.6. The van der Waals surface area contributed by atoms with Gasteiger partial charge in [0.15, 0.2) is 0 Å². The van der Waals surface area contributed by atoms with Crippen LogP contribution in [0.15, 0.2) is 0 Å². The lowest BCUT2D eigenvalue weighted by Crippen LogP contribution is -2.57. The summed E-state index contributed by atoms with van der Waals surface area (Å²) in [7, 11) is 1.75. The molecular formula is C13H28N2O2. The zero-order valence-electron chi connectivity index (χ0n) is 11.6. The minimum atomic E-state index is 0.100. The van der Waals surface area contributed by atoms with Crippen LogP contribution in [-0.2, 0) is 9.47 Å². The Hall–Kier alpha value is -0.160. The third-order valence-corrected chi connectivity index (χ3v) is 3.79. The summed E-state index contributed by atoms with van der Waals surface area (Å²) in [6, 6.07) is 0.492. The van der Waals surface area contributed by atoms with Gasteiger partial charge in [0.1, 0.15) is 0 Å². The van der Waals surface area contributed by atoms with Crippen molar-refractivity contribution < 1.29 is 9.47 Å². The van der Waals surface area contributed by atoms with Crippen LogP contribution in [0.3, 0.4) is 0 Å². The highest BCUT2D eigenvalue weighted by molar-refractivity contribution is 4.94. The minimum Gasteiger partial charge on any atom is -0.383 e. The van der Waals surface area contributed by atoms with E-state index in [1.807, 2.05) is 0 Å². The second-order valence-corrected chi connectivity index (χ2v) is 5.17. The number of methoxy groups -OCH3 is 1. The van der Waals surface area contributed by atoms with Crippen molar-refractivity contribution in [3.8, 4) is 0 Å². The van der Waals surface area contributed by atoms with Gasteiger partial charge in [-0.1, -0.05) is 0 Å². The Morgan fingerprint density at radius 3 is 2.71 bits per heavy atom. The van der Waals surface area contributed by atoms with Gasteiger partial charge >= 0.3 is 0 Å². The molecule has 1 saturated heterocycles. The monoisotopic (exact) mass is 244 g/mol. The molecule has 1 aliphatic rings. The van der Waals surface area contributed by atoms with Gasteiger partial charge in [-0.25, -0.2) is 0 Å². The number of nitrogens with zero attached hydrogens (tertiary/aromatic N) is 1. The Bertz CT molecular complexity index is 202. The molecular weight excluding hydrogens is 216 g/mol. The van der Waals surface area contributed by atoms with Gasteiger partial charge in [0, 0.05) is 45.0 Å². The Morgan fingerprint density at radius 1 is 1.35 bits per heavy atom. The van der Waals surface area contributed by atoms with Gasteiger partial charge in [-0.3, -0.25) is 4.90 Å². The van der Waals surface area contributed by atoms with Gasteiger partial charge in [-0.05, 0) is 33.1 Å². The van der Waals surface area contributed by atoms with Crippen LogP contribution in [0.25, 0.3) is 0 Å². The quantitative estimate of drug-likeness (QED) is 0.764. The van der Waals surface area contributed by atoms with Gasteiger partial charge in [-0.2, -0.15) is 0 Å². The van der Waals surface area contributed by atoms with E-state index in [1.165, 1.54) is 0 Å². The lowest BCUT2D eigenvalue weighted by atomic mass is 9.87. The average Bonchev–Trinajstić information content (AvgIpc) is 2.55. The first-order valence-corrected chi connectivity index (χ1v) is 6.70. The predicted molar refractivity (Wildman–Crippen MR) is 70.2 cm³/mol. The Kier molecular flexibility index (Phi) is 6.41. The van der Waals surface area contributed by atoms with E-state index < -0.39 is 0 Å². The van der Waals surface area contributed by atoms with Crippen LogP contribution >= 0.6 is 0 Å². The molecule has 102 valence electrons. The molecule has 4 nitrogen and oxygen atoms in total. The average molecular weight is 244 g/mol. The van der Waals surface area contributed by atoms with E-state index in [0.29, 0.717) is 12.6 Å². The van der Waals surface area contributed by atoms with Crippen LogP contribution in [0.4, 0.5) is 0 Å². The topological polar surface area (TPSA) is 47.7 Å². The molecule has 0 amide bonds. The fraction of sp³-hybridized carbons (Fsp3) is 1.00. The highest BCUT2D eigenvalue weighted by Gasteiger charge is 2.37. The molecule has 0 aliphatic carbocycles. The highest BCUT2D eigenvalue weighted by atomic mass is 16.5. The van der Waals surface area contributed by atoms with Gasteiger partial charge < -0.3 is 15.2 Å². The van der Waals surface area contributed by atoms with Crippen molar-refractivity contribution in [2.45, 2.75) is 44.7 Å². The maximum Gasteiger partial charge on any atom is 0.0590 e. The SMILES string of the molecule is COCCN(C(C)C)C1(CN)CCCOCC1. The van der Waals surface area contributed by atoms with E-state index in [-0.39, 0.29) is 5.54 Å². The standard InChI is InChI=1S/C13H28N2O2/c1-12(2)15(7-10-16-3)13(11-14)5-4-8-17-9-6-13/h12H,4-11,14H2,1-3H3. The summed E-state index contributed by atoms with van der Waals surface area (Å²) < 4.78 is 10.8. The summed E-state index contributed by atoms with van der Waals surface area (Å²) >= 11 is 0. The molecule has 0 saturated carbocycles. The van der Waals surface area contributed by atoms with Crippen molar-refractivity contribution in [3.05, 3.63) is 0 Å². The van der Waals surface area contributed by atoms with E-state index in [1.54, 1.807) is 7.11 Å². The Balaban J connectivity index is 2.76. The van der Waals surface area contributed by atoms with Crippen LogP contribution in [0.1, 0.15) is 33.1 Å². The fourth-order valence-corrected chi connectivity index (χ4v) is 2.83. The molecule has 1 fully saturated rings. The molecule has 1 atom stereocenters. The summed E-state index contributed by atoms with van der Waals surface area (Å²) in [5.74, 6) is 0. The van der Waals surface area contributed by atoms with Crippen LogP contribution in [-0.4, -0.2) is 56.5 Å². The summed E-state index contributed by atoms with van der Waals surface area (Å²) in [5, 5.41) is 0. The van der Waals surface area contributed by atoms with E-state index in [0.717, 1.165) is 45.6 Å². The Labute approximate surface area is 105 Å². The first-order chi connectivity index (χ1) is 8.16. The lowest BCUT2D eigenvalue weighted by Gasteiger charge is -2.45. The van der Waals surface area contributed by atoms with E-state index in [2.05, 4.69) is 18.7 Å². The molecule has 0 bridgehead atoms. The Morgan fingerprint density at radius 2 is 2.12 bits per heavy atom. The predicted octanol–water partition coefficient (Wildman–Crippen LogP) is 1.24. The molecule has 1 rings (SSSR count). The van der Waals surface area contributed by atoms with Crippen LogP contribution in [0.5, 0.6) is 0 Å². The molecule has 1 heterocycles. The van der Waals surface area contributed by atoms with Crippen LogP contribution in [0, 0.1) is 0 Å². The summed E-state index contributed by atoms with van der Waals surface area (Å²) in [6.07, 6.45) is 3.27. The molecule has 1 unspecified atom stereocenters. The van der Waals surface area contributed by atoms with Crippen molar-refractivity contribution in [2.24, 2.45) is 5.73 Å². The first kappa shape index (κ1) is 14.9. The van der Waals surface area contributed by atoms with Gasteiger partial charge in [0.25, 0.3) is 0 Å². The molecule has 0 aromatic carbocycles. The molecule has 1 aliphatic heterocycles. The number of nitrogens with two attached hydrogens (primary N) is 1. The minimum absolute atomic E-state index is 0.100. The number of ether oxygens (including phenoxy) is 2. The lowest BCUT2D eigenvalue weighted by molar-refractivity contribution is 0.0197. The first-order valence-electron chi connectivity index (χ1n) is 6.70. The summed E-state index contributed by atoms with van der Waals surface area (Å²) in [5.41, 5.74) is 6.18. The third-order valence-electron chi connectivity index (χ3n) is 3.79. The van der Waals surface area contributed by atoms with Crippen molar-refractivity contribution >= 4 is 0 Å². The van der Waals surface area contributed by atoms with E-state index in [4.69, 9.17) is 15.2 Å².